The Hall–Kier alpha value is -2.00. The highest BCUT2D eigenvalue weighted by Gasteiger charge is 2.17. The molecule has 22 heavy (non-hydrogen) atoms. The zero-order chi connectivity index (χ0) is 16.3. The number of hydrogen-bond donors (Lipinski definition) is 1. The summed E-state index contributed by atoms with van der Waals surface area (Å²) in [6, 6.07) is 13.9. The Morgan fingerprint density at radius 2 is 1.55 bits per heavy atom. The second-order valence-electron chi connectivity index (χ2n) is 6.46. The molecule has 3 nitrogen and oxygen atoms in total. The highest BCUT2D eigenvalue weighted by Crippen LogP contribution is 2.32. The minimum Gasteiger partial charge on any atom is -0.497 e. The molecular formula is C19H25NO2. The van der Waals surface area contributed by atoms with Crippen LogP contribution >= 0.6 is 0 Å². The summed E-state index contributed by atoms with van der Waals surface area (Å²) in [4.78, 5) is 0. The van der Waals surface area contributed by atoms with Crippen LogP contribution in [0.25, 0.3) is 0 Å². The van der Waals surface area contributed by atoms with E-state index in [1.54, 1.807) is 14.2 Å². The van der Waals surface area contributed by atoms with Crippen molar-refractivity contribution in [1.82, 2.24) is 0 Å². The maximum Gasteiger partial charge on any atom is 0.124 e. The van der Waals surface area contributed by atoms with E-state index in [2.05, 4.69) is 45.0 Å². The second kappa shape index (κ2) is 6.41. The molecule has 0 radical (unpaired) electrons. The number of methoxy groups -OCH3 is 2. The molecule has 2 N–H and O–H groups in total. The molecule has 0 saturated heterocycles. The Morgan fingerprint density at radius 1 is 0.909 bits per heavy atom. The van der Waals surface area contributed by atoms with Crippen molar-refractivity contribution in [1.29, 1.82) is 0 Å². The Bertz CT molecular complexity index is 627. The topological polar surface area (TPSA) is 44.5 Å². The molecule has 2 rings (SSSR count). The molecule has 2 aromatic carbocycles. The molecule has 0 aliphatic carbocycles. The Labute approximate surface area is 133 Å². The van der Waals surface area contributed by atoms with E-state index in [4.69, 9.17) is 15.2 Å². The largest absolute Gasteiger partial charge is 0.497 e. The molecule has 0 aliphatic rings. The van der Waals surface area contributed by atoms with Crippen LogP contribution in [0.1, 0.15) is 43.5 Å². The van der Waals surface area contributed by atoms with Crippen molar-refractivity contribution >= 4 is 0 Å². The van der Waals surface area contributed by atoms with E-state index in [1.807, 2.05) is 18.2 Å². The lowest BCUT2D eigenvalue weighted by Crippen LogP contribution is -2.15. The molecule has 2 aromatic rings. The van der Waals surface area contributed by atoms with E-state index in [-0.39, 0.29) is 11.5 Å². The summed E-state index contributed by atoms with van der Waals surface area (Å²) in [5.74, 6) is 1.55. The molecule has 0 bridgehead atoms. The first kappa shape index (κ1) is 16.4. The molecular weight excluding hydrogens is 274 g/mol. The summed E-state index contributed by atoms with van der Waals surface area (Å²) in [5, 5.41) is 0. The maximum atomic E-state index is 6.44. The Kier molecular flexibility index (Phi) is 4.77. The first-order valence-electron chi connectivity index (χ1n) is 7.44. The summed E-state index contributed by atoms with van der Waals surface area (Å²) in [6.45, 7) is 6.60. The molecule has 3 heteroatoms. The minimum absolute atomic E-state index is 0.135. The molecule has 0 saturated carbocycles. The highest BCUT2D eigenvalue weighted by molar-refractivity contribution is 5.46. The van der Waals surface area contributed by atoms with E-state index in [0.29, 0.717) is 0 Å². The third-order valence-corrected chi connectivity index (χ3v) is 3.91. The van der Waals surface area contributed by atoms with Crippen LogP contribution in [-0.2, 0) is 5.41 Å². The summed E-state index contributed by atoms with van der Waals surface area (Å²) in [7, 11) is 3.30. The average Bonchev–Trinajstić information content (AvgIpc) is 2.52. The summed E-state index contributed by atoms with van der Waals surface area (Å²) in [5.41, 5.74) is 9.84. The van der Waals surface area contributed by atoms with Gasteiger partial charge in [-0.05, 0) is 34.7 Å². The van der Waals surface area contributed by atoms with Crippen molar-refractivity contribution in [2.24, 2.45) is 5.73 Å². The zero-order valence-electron chi connectivity index (χ0n) is 14.0. The standard InChI is InChI=1S/C19H25NO2/c1-19(2,3)14-8-6-13(7-9-14)18(20)16-12-15(21-4)10-11-17(16)22-5/h6-12,18H,20H2,1-5H3. The van der Waals surface area contributed by atoms with Crippen LogP contribution in [-0.4, -0.2) is 14.2 Å². The van der Waals surface area contributed by atoms with Gasteiger partial charge in [0, 0.05) is 5.56 Å². The minimum atomic E-state index is -0.251. The van der Waals surface area contributed by atoms with Crippen LogP contribution in [0.4, 0.5) is 0 Å². The van der Waals surface area contributed by atoms with E-state index >= 15 is 0 Å². The van der Waals surface area contributed by atoms with Gasteiger partial charge in [-0.2, -0.15) is 0 Å². The molecule has 0 aromatic heterocycles. The maximum absolute atomic E-state index is 6.44. The SMILES string of the molecule is COc1ccc(OC)c(C(N)c2ccc(C(C)(C)C)cc2)c1. The van der Waals surface area contributed by atoms with Gasteiger partial charge in [-0.15, -0.1) is 0 Å². The van der Waals surface area contributed by atoms with Gasteiger partial charge in [0.05, 0.1) is 20.3 Å². The summed E-state index contributed by atoms with van der Waals surface area (Å²) in [6.07, 6.45) is 0. The van der Waals surface area contributed by atoms with Crippen molar-refractivity contribution in [2.75, 3.05) is 14.2 Å². The lowest BCUT2D eigenvalue weighted by atomic mass is 9.86. The Balaban J connectivity index is 2.37. The number of nitrogens with two attached hydrogens (primary N) is 1. The van der Waals surface area contributed by atoms with E-state index in [1.165, 1.54) is 5.56 Å². The van der Waals surface area contributed by atoms with Crippen molar-refractivity contribution in [2.45, 2.75) is 32.2 Å². The lowest BCUT2D eigenvalue weighted by Gasteiger charge is -2.21. The fourth-order valence-corrected chi connectivity index (χ4v) is 2.45. The van der Waals surface area contributed by atoms with Crippen LogP contribution < -0.4 is 15.2 Å². The number of ether oxygens (including phenoxy) is 2. The van der Waals surface area contributed by atoms with E-state index < -0.39 is 0 Å². The molecule has 1 unspecified atom stereocenters. The third-order valence-electron chi connectivity index (χ3n) is 3.91. The van der Waals surface area contributed by atoms with Gasteiger partial charge >= 0.3 is 0 Å². The molecule has 0 heterocycles. The zero-order valence-corrected chi connectivity index (χ0v) is 14.0. The Morgan fingerprint density at radius 3 is 2.05 bits per heavy atom. The van der Waals surface area contributed by atoms with E-state index in [9.17, 15) is 0 Å². The van der Waals surface area contributed by atoms with Gasteiger partial charge in [0.1, 0.15) is 11.5 Å². The monoisotopic (exact) mass is 299 g/mol. The number of benzene rings is 2. The lowest BCUT2D eigenvalue weighted by molar-refractivity contribution is 0.397. The summed E-state index contributed by atoms with van der Waals surface area (Å²) < 4.78 is 10.7. The van der Waals surface area contributed by atoms with Crippen molar-refractivity contribution in [3.05, 3.63) is 59.2 Å². The van der Waals surface area contributed by atoms with Crippen molar-refractivity contribution in [3.8, 4) is 11.5 Å². The predicted molar refractivity (Wildman–Crippen MR) is 90.7 cm³/mol. The predicted octanol–water partition coefficient (Wildman–Crippen LogP) is 4.05. The molecule has 0 amide bonds. The number of rotatable bonds is 4. The van der Waals surface area contributed by atoms with Gasteiger partial charge in [0.2, 0.25) is 0 Å². The van der Waals surface area contributed by atoms with Gasteiger partial charge in [-0.25, -0.2) is 0 Å². The molecule has 1 atom stereocenters. The van der Waals surface area contributed by atoms with Crippen LogP contribution in [0, 0.1) is 0 Å². The van der Waals surface area contributed by atoms with Crippen molar-refractivity contribution in [3.63, 3.8) is 0 Å². The average molecular weight is 299 g/mol. The van der Waals surface area contributed by atoms with Gasteiger partial charge in [-0.3, -0.25) is 0 Å². The fraction of sp³-hybridized carbons (Fsp3) is 0.368. The first-order valence-corrected chi connectivity index (χ1v) is 7.44. The highest BCUT2D eigenvalue weighted by atomic mass is 16.5. The van der Waals surface area contributed by atoms with Gasteiger partial charge in [-0.1, -0.05) is 45.0 Å². The molecule has 118 valence electrons. The number of hydrogen-bond acceptors (Lipinski definition) is 3. The first-order chi connectivity index (χ1) is 10.4. The molecule has 0 spiro atoms. The second-order valence-corrected chi connectivity index (χ2v) is 6.46. The quantitative estimate of drug-likeness (QED) is 0.926. The van der Waals surface area contributed by atoms with Crippen molar-refractivity contribution < 1.29 is 9.47 Å². The smallest absolute Gasteiger partial charge is 0.124 e. The van der Waals surface area contributed by atoms with Crippen LogP contribution in [0.15, 0.2) is 42.5 Å². The van der Waals surface area contributed by atoms with Crippen LogP contribution in [0.5, 0.6) is 11.5 Å². The fourth-order valence-electron chi connectivity index (χ4n) is 2.45. The van der Waals surface area contributed by atoms with Gasteiger partial charge in [0.25, 0.3) is 0 Å². The van der Waals surface area contributed by atoms with Gasteiger partial charge < -0.3 is 15.2 Å². The summed E-state index contributed by atoms with van der Waals surface area (Å²) >= 11 is 0. The normalized spacial score (nSPS) is 12.8. The van der Waals surface area contributed by atoms with Crippen LogP contribution in [0.3, 0.4) is 0 Å². The van der Waals surface area contributed by atoms with Gasteiger partial charge in [0.15, 0.2) is 0 Å². The van der Waals surface area contributed by atoms with E-state index in [0.717, 1.165) is 22.6 Å². The van der Waals surface area contributed by atoms with Crippen LogP contribution in [0.2, 0.25) is 0 Å². The third kappa shape index (κ3) is 3.42. The molecule has 0 aliphatic heterocycles. The molecule has 0 fully saturated rings.